The lowest BCUT2D eigenvalue weighted by Crippen LogP contribution is -2.36. The van der Waals surface area contributed by atoms with Crippen LogP contribution in [0.25, 0.3) is 0 Å². The van der Waals surface area contributed by atoms with Crippen LogP contribution in [-0.4, -0.2) is 18.2 Å². The zero-order valence-corrected chi connectivity index (χ0v) is 10.0. The van der Waals surface area contributed by atoms with E-state index in [-0.39, 0.29) is 12.6 Å². The van der Waals surface area contributed by atoms with Crippen molar-refractivity contribution < 1.29 is 14.3 Å². The molecule has 0 aromatic heterocycles. The van der Waals surface area contributed by atoms with E-state index in [0.29, 0.717) is 6.61 Å². The lowest BCUT2D eigenvalue weighted by atomic mass is 10.1. The van der Waals surface area contributed by atoms with Crippen LogP contribution in [0.1, 0.15) is 26.3 Å². The number of hydrogen-bond donors (Lipinski definition) is 0. The molecule has 0 aliphatic carbocycles. The van der Waals surface area contributed by atoms with Gasteiger partial charge in [0.15, 0.2) is 5.60 Å². The van der Waals surface area contributed by atoms with Gasteiger partial charge in [0.25, 0.3) is 0 Å². The monoisotopic (exact) mass is 222 g/mol. The highest BCUT2D eigenvalue weighted by Gasteiger charge is 2.29. The van der Waals surface area contributed by atoms with Crippen molar-refractivity contribution in [2.24, 2.45) is 0 Å². The molecule has 0 aliphatic heterocycles. The first-order chi connectivity index (χ1) is 7.56. The maximum absolute atomic E-state index is 11.7. The highest BCUT2D eigenvalue weighted by Crippen LogP contribution is 2.12. The molecule has 0 fully saturated rings. The van der Waals surface area contributed by atoms with Gasteiger partial charge in [0, 0.05) is 6.61 Å². The van der Waals surface area contributed by atoms with Crippen LogP contribution in [0.3, 0.4) is 0 Å². The second-order valence-electron chi connectivity index (χ2n) is 4.01. The summed E-state index contributed by atoms with van der Waals surface area (Å²) in [6.07, 6.45) is 0. The highest BCUT2D eigenvalue weighted by atomic mass is 16.6. The molecule has 0 radical (unpaired) electrons. The first-order valence-corrected chi connectivity index (χ1v) is 5.41. The molecule has 0 N–H and O–H groups in total. The van der Waals surface area contributed by atoms with Gasteiger partial charge in [0.1, 0.15) is 6.61 Å². The summed E-state index contributed by atoms with van der Waals surface area (Å²) in [7, 11) is 0. The summed E-state index contributed by atoms with van der Waals surface area (Å²) in [6, 6.07) is 9.59. The zero-order valence-electron chi connectivity index (χ0n) is 10.0. The Balaban J connectivity index is 2.47. The van der Waals surface area contributed by atoms with Gasteiger partial charge in [-0.1, -0.05) is 30.3 Å². The fourth-order valence-corrected chi connectivity index (χ4v) is 1.32. The van der Waals surface area contributed by atoms with Crippen LogP contribution in [0, 0.1) is 0 Å². The van der Waals surface area contributed by atoms with Crippen LogP contribution in [0.5, 0.6) is 0 Å². The van der Waals surface area contributed by atoms with E-state index >= 15 is 0 Å². The van der Waals surface area contributed by atoms with Crippen molar-refractivity contribution in [3.63, 3.8) is 0 Å². The molecule has 0 atom stereocenters. The molecule has 1 aromatic carbocycles. The second kappa shape index (κ2) is 5.66. The van der Waals surface area contributed by atoms with E-state index in [1.165, 1.54) is 0 Å². The smallest absolute Gasteiger partial charge is 0.338 e. The SMILES string of the molecule is CCOC(C)(C)C(=O)OCc1ccccc1. The van der Waals surface area contributed by atoms with Gasteiger partial charge in [0.05, 0.1) is 0 Å². The Morgan fingerprint density at radius 3 is 2.44 bits per heavy atom. The van der Waals surface area contributed by atoms with Gasteiger partial charge >= 0.3 is 5.97 Å². The summed E-state index contributed by atoms with van der Waals surface area (Å²) in [5.41, 5.74) is 0.104. The third-order valence-electron chi connectivity index (χ3n) is 2.21. The molecule has 0 heterocycles. The molecule has 88 valence electrons. The number of benzene rings is 1. The third-order valence-corrected chi connectivity index (χ3v) is 2.21. The Kier molecular flexibility index (Phi) is 4.50. The summed E-state index contributed by atoms with van der Waals surface area (Å²) >= 11 is 0. The van der Waals surface area contributed by atoms with Crippen LogP contribution >= 0.6 is 0 Å². The van der Waals surface area contributed by atoms with E-state index in [0.717, 1.165) is 5.56 Å². The first kappa shape index (κ1) is 12.7. The molecule has 3 nitrogen and oxygen atoms in total. The van der Waals surface area contributed by atoms with Crippen LogP contribution in [0.4, 0.5) is 0 Å². The second-order valence-corrected chi connectivity index (χ2v) is 4.01. The number of carbonyl (C=O) groups is 1. The lowest BCUT2D eigenvalue weighted by Gasteiger charge is -2.22. The fraction of sp³-hybridized carbons (Fsp3) is 0.462. The van der Waals surface area contributed by atoms with E-state index in [1.54, 1.807) is 13.8 Å². The van der Waals surface area contributed by atoms with E-state index < -0.39 is 5.60 Å². The van der Waals surface area contributed by atoms with Crippen LogP contribution < -0.4 is 0 Å². The van der Waals surface area contributed by atoms with Crippen molar-refractivity contribution in [3.05, 3.63) is 35.9 Å². The number of ether oxygens (including phenoxy) is 2. The van der Waals surface area contributed by atoms with Gasteiger partial charge in [-0.3, -0.25) is 0 Å². The van der Waals surface area contributed by atoms with Crippen LogP contribution in [-0.2, 0) is 20.9 Å². The molecule has 1 rings (SSSR count). The average molecular weight is 222 g/mol. The topological polar surface area (TPSA) is 35.5 Å². The summed E-state index contributed by atoms with van der Waals surface area (Å²) in [4.78, 5) is 11.7. The quantitative estimate of drug-likeness (QED) is 0.718. The van der Waals surface area contributed by atoms with Crippen molar-refractivity contribution >= 4 is 5.97 Å². The van der Waals surface area contributed by atoms with Crippen molar-refractivity contribution in [2.45, 2.75) is 33.0 Å². The molecular formula is C13H18O3. The van der Waals surface area contributed by atoms with Crippen LogP contribution in [0.2, 0.25) is 0 Å². The zero-order chi connectivity index (χ0) is 12.0. The minimum absolute atomic E-state index is 0.288. The van der Waals surface area contributed by atoms with E-state index in [4.69, 9.17) is 9.47 Å². The van der Waals surface area contributed by atoms with Gasteiger partial charge in [0.2, 0.25) is 0 Å². The molecule has 0 spiro atoms. The summed E-state index contributed by atoms with van der Waals surface area (Å²) in [5, 5.41) is 0. The summed E-state index contributed by atoms with van der Waals surface area (Å²) in [6.45, 7) is 6.06. The Bertz CT molecular complexity index is 330. The van der Waals surface area contributed by atoms with Gasteiger partial charge in [-0.25, -0.2) is 4.79 Å². The van der Waals surface area contributed by atoms with Crippen molar-refractivity contribution in [1.29, 1.82) is 0 Å². The van der Waals surface area contributed by atoms with Gasteiger partial charge in [-0.15, -0.1) is 0 Å². The molecule has 0 aliphatic rings. The number of rotatable bonds is 5. The minimum Gasteiger partial charge on any atom is -0.459 e. The molecular weight excluding hydrogens is 204 g/mol. The lowest BCUT2D eigenvalue weighted by molar-refractivity contribution is -0.169. The van der Waals surface area contributed by atoms with Crippen molar-refractivity contribution in [2.75, 3.05) is 6.61 Å². The molecule has 0 bridgehead atoms. The molecule has 0 saturated carbocycles. The Morgan fingerprint density at radius 2 is 1.88 bits per heavy atom. The van der Waals surface area contributed by atoms with E-state index in [2.05, 4.69) is 0 Å². The molecule has 0 saturated heterocycles. The number of carbonyl (C=O) groups excluding carboxylic acids is 1. The average Bonchev–Trinajstić information content (AvgIpc) is 2.27. The predicted octanol–water partition coefficient (Wildman–Crippen LogP) is 2.54. The summed E-state index contributed by atoms with van der Waals surface area (Å²) in [5.74, 6) is -0.335. The molecule has 16 heavy (non-hydrogen) atoms. The molecule has 0 amide bonds. The Labute approximate surface area is 96.4 Å². The molecule has 3 heteroatoms. The normalized spacial score (nSPS) is 11.2. The number of hydrogen-bond acceptors (Lipinski definition) is 3. The van der Waals surface area contributed by atoms with Gasteiger partial charge in [-0.05, 0) is 26.3 Å². The van der Waals surface area contributed by atoms with Crippen molar-refractivity contribution in [1.82, 2.24) is 0 Å². The first-order valence-electron chi connectivity index (χ1n) is 5.41. The highest BCUT2D eigenvalue weighted by molar-refractivity contribution is 5.78. The molecule has 0 unspecified atom stereocenters. The maximum Gasteiger partial charge on any atom is 0.338 e. The van der Waals surface area contributed by atoms with E-state index in [9.17, 15) is 4.79 Å². The molecule has 1 aromatic rings. The van der Waals surface area contributed by atoms with Gasteiger partial charge < -0.3 is 9.47 Å². The summed E-state index contributed by atoms with van der Waals surface area (Å²) < 4.78 is 10.5. The predicted molar refractivity (Wildman–Crippen MR) is 61.9 cm³/mol. The van der Waals surface area contributed by atoms with Gasteiger partial charge in [-0.2, -0.15) is 0 Å². The fourth-order valence-electron chi connectivity index (χ4n) is 1.32. The standard InChI is InChI=1S/C13H18O3/c1-4-16-13(2,3)12(14)15-10-11-8-6-5-7-9-11/h5-9H,4,10H2,1-3H3. The minimum atomic E-state index is -0.871. The Hall–Kier alpha value is -1.35. The largest absolute Gasteiger partial charge is 0.459 e. The third kappa shape index (κ3) is 3.66. The number of esters is 1. The van der Waals surface area contributed by atoms with Crippen LogP contribution in [0.15, 0.2) is 30.3 Å². The van der Waals surface area contributed by atoms with E-state index in [1.807, 2.05) is 37.3 Å². The Morgan fingerprint density at radius 1 is 1.25 bits per heavy atom. The maximum atomic E-state index is 11.7. The van der Waals surface area contributed by atoms with Crippen molar-refractivity contribution in [3.8, 4) is 0 Å².